The van der Waals surface area contributed by atoms with Crippen LogP contribution in [0.2, 0.25) is 0 Å². The molecule has 0 saturated heterocycles. The predicted molar refractivity (Wildman–Crippen MR) is 59.7 cm³/mol. The van der Waals surface area contributed by atoms with E-state index in [9.17, 15) is 9.59 Å². The zero-order chi connectivity index (χ0) is 11.3. The Bertz CT molecular complexity index is 332. The average Bonchev–Trinajstić information content (AvgIpc) is 2.17. The minimum atomic E-state index is -0.891. The van der Waals surface area contributed by atoms with Gasteiger partial charge in [0, 0.05) is 12.2 Å². The highest BCUT2D eigenvalue weighted by Crippen LogP contribution is 2.32. The van der Waals surface area contributed by atoms with Crippen LogP contribution in [-0.2, 0) is 9.59 Å². The standard InChI is InChI=1S/C11H12O3S/c1-8(12)15-10(7-11(13)14)9-5-3-2-4-6-9/h2-6,10H,7H2,1H3,(H,13,14)/t10-/m0/s1. The summed E-state index contributed by atoms with van der Waals surface area (Å²) in [5.74, 6) is -0.891. The maximum absolute atomic E-state index is 11.0. The molecule has 1 aromatic carbocycles. The fourth-order valence-electron chi connectivity index (χ4n) is 1.25. The summed E-state index contributed by atoms with van der Waals surface area (Å²) in [6.45, 7) is 1.45. The van der Waals surface area contributed by atoms with Crippen molar-refractivity contribution >= 4 is 22.8 Å². The monoisotopic (exact) mass is 224 g/mol. The Labute approximate surface area is 92.5 Å². The summed E-state index contributed by atoms with van der Waals surface area (Å²) in [6.07, 6.45) is -0.0335. The number of benzene rings is 1. The molecule has 1 aromatic rings. The molecule has 0 aliphatic carbocycles. The van der Waals surface area contributed by atoms with Gasteiger partial charge in [-0.2, -0.15) is 0 Å². The second-order valence-corrected chi connectivity index (χ2v) is 4.49. The van der Waals surface area contributed by atoms with Crippen molar-refractivity contribution in [2.24, 2.45) is 0 Å². The van der Waals surface area contributed by atoms with Crippen molar-refractivity contribution in [1.29, 1.82) is 0 Å². The van der Waals surface area contributed by atoms with Crippen LogP contribution in [0.4, 0.5) is 0 Å². The zero-order valence-corrected chi connectivity index (χ0v) is 9.16. The summed E-state index contributed by atoms with van der Waals surface area (Å²) in [4.78, 5) is 21.6. The Morgan fingerprint density at radius 2 is 1.93 bits per heavy atom. The van der Waals surface area contributed by atoms with Gasteiger partial charge in [-0.25, -0.2) is 0 Å². The Morgan fingerprint density at radius 3 is 2.40 bits per heavy atom. The summed E-state index contributed by atoms with van der Waals surface area (Å²) in [5, 5.41) is 8.38. The first-order valence-corrected chi connectivity index (χ1v) is 5.41. The lowest BCUT2D eigenvalue weighted by atomic mass is 10.1. The summed E-state index contributed by atoms with van der Waals surface area (Å²) >= 11 is 1.06. The minimum absolute atomic E-state index is 0.0335. The fraction of sp³-hybridized carbons (Fsp3) is 0.273. The second kappa shape index (κ2) is 5.56. The van der Waals surface area contributed by atoms with Crippen LogP contribution in [0.3, 0.4) is 0 Å². The van der Waals surface area contributed by atoms with Crippen LogP contribution in [0.1, 0.15) is 24.2 Å². The molecule has 0 spiro atoms. The molecule has 4 heteroatoms. The van der Waals surface area contributed by atoms with Gasteiger partial charge >= 0.3 is 5.97 Å². The molecule has 1 atom stereocenters. The zero-order valence-electron chi connectivity index (χ0n) is 8.34. The van der Waals surface area contributed by atoms with Crippen LogP contribution >= 0.6 is 11.8 Å². The van der Waals surface area contributed by atoms with Gasteiger partial charge in [-0.15, -0.1) is 0 Å². The molecule has 0 amide bonds. The predicted octanol–water partition coefficient (Wildman–Crippen LogP) is 2.48. The van der Waals surface area contributed by atoms with Crippen LogP contribution in [0, 0.1) is 0 Å². The van der Waals surface area contributed by atoms with Gasteiger partial charge in [0.15, 0.2) is 5.12 Å². The number of aliphatic carboxylic acids is 1. The number of carboxylic acids is 1. The van der Waals surface area contributed by atoms with E-state index in [0.717, 1.165) is 17.3 Å². The van der Waals surface area contributed by atoms with Crippen LogP contribution in [-0.4, -0.2) is 16.2 Å². The van der Waals surface area contributed by atoms with E-state index in [1.165, 1.54) is 6.92 Å². The smallest absolute Gasteiger partial charge is 0.304 e. The van der Waals surface area contributed by atoms with Crippen molar-refractivity contribution in [3.05, 3.63) is 35.9 Å². The normalized spacial score (nSPS) is 12.1. The molecule has 1 N–H and O–H groups in total. The molecule has 0 fully saturated rings. The molecule has 3 nitrogen and oxygen atoms in total. The lowest BCUT2D eigenvalue weighted by Crippen LogP contribution is -2.04. The van der Waals surface area contributed by atoms with Gasteiger partial charge in [0.2, 0.25) is 0 Å². The van der Waals surface area contributed by atoms with E-state index >= 15 is 0 Å². The number of hydrogen-bond donors (Lipinski definition) is 1. The summed E-state index contributed by atoms with van der Waals surface area (Å²) in [7, 11) is 0. The first kappa shape index (κ1) is 11.8. The van der Waals surface area contributed by atoms with Crippen molar-refractivity contribution in [2.75, 3.05) is 0 Å². The molecule has 0 saturated carbocycles. The Morgan fingerprint density at radius 1 is 1.33 bits per heavy atom. The third-order valence-corrected chi connectivity index (χ3v) is 2.89. The Balaban J connectivity index is 2.81. The number of hydrogen-bond acceptors (Lipinski definition) is 3. The van der Waals surface area contributed by atoms with Gasteiger partial charge in [0.05, 0.1) is 6.42 Å². The van der Waals surface area contributed by atoms with E-state index in [1.54, 1.807) is 0 Å². The Hall–Kier alpha value is -1.29. The van der Waals surface area contributed by atoms with Gasteiger partial charge in [0.1, 0.15) is 0 Å². The maximum atomic E-state index is 11.0. The number of carboxylic acid groups (broad SMARTS) is 1. The fourth-order valence-corrected chi connectivity index (χ4v) is 2.17. The molecule has 0 bridgehead atoms. The van der Waals surface area contributed by atoms with Crippen LogP contribution < -0.4 is 0 Å². The van der Waals surface area contributed by atoms with Crippen LogP contribution in [0.5, 0.6) is 0 Å². The molecular formula is C11H12O3S. The molecule has 1 rings (SSSR count). The lowest BCUT2D eigenvalue weighted by molar-refractivity contribution is -0.137. The average molecular weight is 224 g/mol. The van der Waals surface area contributed by atoms with E-state index < -0.39 is 5.97 Å². The first-order chi connectivity index (χ1) is 7.09. The molecule has 0 aromatic heterocycles. The summed E-state index contributed by atoms with van der Waals surface area (Å²) < 4.78 is 0. The van der Waals surface area contributed by atoms with Gasteiger partial charge in [0.25, 0.3) is 0 Å². The van der Waals surface area contributed by atoms with E-state index in [4.69, 9.17) is 5.11 Å². The van der Waals surface area contributed by atoms with Gasteiger partial charge < -0.3 is 5.11 Å². The highest BCUT2D eigenvalue weighted by molar-refractivity contribution is 8.13. The quantitative estimate of drug-likeness (QED) is 0.853. The first-order valence-electron chi connectivity index (χ1n) is 4.53. The summed E-state index contributed by atoms with van der Waals surface area (Å²) in [5.41, 5.74) is 0.875. The van der Waals surface area contributed by atoms with E-state index in [1.807, 2.05) is 30.3 Å². The molecular weight excluding hydrogens is 212 g/mol. The lowest BCUT2D eigenvalue weighted by Gasteiger charge is -2.12. The molecule has 0 aliphatic heterocycles. The SMILES string of the molecule is CC(=O)S[C@@H](CC(=O)O)c1ccccc1. The van der Waals surface area contributed by atoms with E-state index in [-0.39, 0.29) is 16.8 Å². The van der Waals surface area contributed by atoms with Crippen LogP contribution in [0.15, 0.2) is 30.3 Å². The van der Waals surface area contributed by atoms with Crippen LogP contribution in [0.25, 0.3) is 0 Å². The van der Waals surface area contributed by atoms with Gasteiger partial charge in [-0.3, -0.25) is 9.59 Å². The van der Waals surface area contributed by atoms with Crippen molar-refractivity contribution < 1.29 is 14.7 Å². The van der Waals surface area contributed by atoms with Crippen molar-refractivity contribution in [3.8, 4) is 0 Å². The third-order valence-electron chi connectivity index (χ3n) is 1.84. The van der Waals surface area contributed by atoms with Crippen molar-refractivity contribution in [1.82, 2.24) is 0 Å². The molecule has 0 aliphatic rings. The van der Waals surface area contributed by atoms with Gasteiger partial charge in [-0.05, 0) is 5.56 Å². The molecule has 80 valence electrons. The topological polar surface area (TPSA) is 54.4 Å². The molecule has 15 heavy (non-hydrogen) atoms. The van der Waals surface area contributed by atoms with Crippen molar-refractivity contribution in [3.63, 3.8) is 0 Å². The minimum Gasteiger partial charge on any atom is -0.481 e. The van der Waals surface area contributed by atoms with Gasteiger partial charge in [-0.1, -0.05) is 42.1 Å². The number of carbonyl (C=O) groups is 2. The van der Waals surface area contributed by atoms with Crippen molar-refractivity contribution in [2.45, 2.75) is 18.6 Å². The highest BCUT2D eigenvalue weighted by atomic mass is 32.2. The third kappa shape index (κ3) is 4.16. The molecule has 0 heterocycles. The highest BCUT2D eigenvalue weighted by Gasteiger charge is 2.17. The molecule has 0 unspecified atom stereocenters. The number of carbonyl (C=O) groups excluding carboxylic acids is 1. The number of rotatable bonds is 4. The molecule has 0 radical (unpaired) electrons. The second-order valence-electron chi connectivity index (χ2n) is 3.11. The number of thioether (sulfide) groups is 1. The Kier molecular flexibility index (Phi) is 4.37. The summed E-state index contributed by atoms with van der Waals surface area (Å²) in [6, 6.07) is 9.21. The maximum Gasteiger partial charge on any atom is 0.304 e. The van der Waals surface area contributed by atoms with E-state index in [2.05, 4.69) is 0 Å². The van der Waals surface area contributed by atoms with E-state index in [0.29, 0.717) is 0 Å². The largest absolute Gasteiger partial charge is 0.481 e.